The number of pyridine rings is 1. The molecule has 128 valence electrons. The molecule has 1 aliphatic rings. The molecule has 2 rings (SSSR count). The maximum Gasteiger partial charge on any atom is 0.410 e. The molecule has 23 heavy (non-hydrogen) atoms. The summed E-state index contributed by atoms with van der Waals surface area (Å²) >= 11 is 0. The molecule has 2 heterocycles. The van der Waals surface area contributed by atoms with Crippen LogP contribution in [-0.2, 0) is 4.74 Å². The highest BCUT2D eigenvalue weighted by Gasteiger charge is 2.29. The van der Waals surface area contributed by atoms with Crippen molar-refractivity contribution >= 4 is 6.09 Å². The van der Waals surface area contributed by atoms with Crippen molar-refractivity contribution in [3.63, 3.8) is 0 Å². The summed E-state index contributed by atoms with van der Waals surface area (Å²) < 4.78 is 5.43. The number of rotatable bonds is 3. The van der Waals surface area contributed by atoms with Crippen LogP contribution < -0.4 is 5.73 Å². The number of aromatic nitrogens is 1. The predicted molar refractivity (Wildman–Crippen MR) is 90.1 cm³/mol. The minimum Gasteiger partial charge on any atom is -0.444 e. The van der Waals surface area contributed by atoms with Crippen molar-refractivity contribution in [3.05, 3.63) is 29.6 Å². The number of hydrogen-bond donors (Lipinski definition) is 1. The number of hydrogen-bond acceptors (Lipinski definition) is 5. The zero-order chi connectivity index (χ0) is 17.0. The highest BCUT2D eigenvalue weighted by molar-refractivity contribution is 5.68. The lowest BCUT2D eigenvalue weighted by Crippen LogP contribution is -2.51. The van der Waals surface area contributed by atoms with Crippen molar-refractivity contribution in [2.45, 2.75) is 39.3 Å². The first-order valence-electron chi connectivity index (χ1n) is 8.15. The lowest BCUT2D eigenvalue weighted by molar-refractivity contribution is 0.0106. The van der Waals surface area contributed by atoms with Gasteiger partial charge in [0, 0.05) is 50.7 Å². The lowest BCUT2D eigenvalue weighted by Gasteiger charge is -2.39. The Balaban J connectivity index is 1.94. The second-order valence-corrected chi connectivity index (χ2v) is 6.99. The molecule has 1 unspecified atom stereocenters. The third-order valence-electron chi connectivity index (χ3n) is 3.95. The van der Waals surface area contributed by atoms with Crippen LogP contribution in [0.2, 0.25) is 0 Å². The molecule has 0 spiro atoms. The van der Waals surface area contributed by atoms with Gasteiger partial charge in [0.1, 0.15) is 5.60 Å². The Bertz CT molecular complexity index is 516. The largest absolute Gasteiger partial charge is 0.444 e. The van der Waals surface area contributed by atoms with E-state index in [9.17, 15) is 4.79 Å². The third-order valence-corrected chi connectivity index (χ3v) is 3.95. The van der Waals surface area contributed by atoms with Gasteiger partial charge in [0.25, 0.3) is 0 Å². The standard InChI is InChI=1S/C17H28N4O2/c1-13-5-6-14(12-19-13)15(11-18)20-7-9-21(10-8-20)16(22)23-17(2,3)4/h5-6,12,15H,7-11,18H2,1-4H3. The number of nitrogens with two attached hydrogens (primary N) is 1. The Hall–Kier alpha value is -1.66. The predicted octanol–water partition coefficient (Wildman–Crippen LogP) is 1.94. The van der Waals surface area contributed by atoms with Crippen LogP contribution >= 0.6 is 0 Å². The Morgan fingerprint density at radius 2 is 1.96 bits per heavy atom. The van der Waals surface area contributed by atoms with Crippen molar-refractivity contribution in [2.24, 2.45) is 5.73 Å². The van der Waals surface area contributed by atoms with Gasteiger partial charge in [0.2, 0.25) is 0 Å². The number of amides is 1. The number of ether oxygens (including phenoxy) is 1. The van der Waals surface area contributed by atoms with Gasteiger partial charge in [0.15, 0.2) is 0 Å². The SMILES string of the molecule is Cc1ccc(C(CN)N2CCN(C(=O)OC(C)(C)C)CC2)cn1. The van der Waals surface area contributed by atoms with Gasteiger partial charge in [-0.15, -0.1) is 0 Å². The summed E-state index contributed by atoms with van der Waals surface area (Å²) in [5.74, 6) is 0. The molecule has 1 atom stereocenters. The Morgan fingerprint density at radius 3 is 2.43 bits per heavy atom. The molecule has 1 saturated heterocycles. The van der Waals surface area contributed by atoms with Crippen molar-refractivity contribution < 1.29 is 9.53 Å². The summed E-state index contributed by atoms with van der Waals surface area (Å²) in [6.07, 6.45) is 1.66. The zero-order valence-electron chi connectivity index (χ0n) is 14.6. The Morgan fingerprint density at radius 1 is 1.30 bits per heavy atom. The molecule has 1 aliphatic heterocycles. The van der Waals surface area contributed by atoms with E-state index in [2.05, 4.69) is 16.0 Å². The van der Waals surface area contributed by atoms with E-state index in [1.54, 1.807) is 4.90 Å². The van der Waals surface area contributed by atoms with E-state index in [-0.39, 0.29) is 12.1 Å². The fourth-order valence-corrected chi connectivity index (χ4v) is 2.71. The minimum absolute atomic E-state index is 0.142. The van der Waals surface area contributed by atoms with Crippen LogP contribution in [0.3, 0.4) is 0 Å². The molecule has 0 bridgehead atoms. The van der Waals surface area contributed by atoms with E-state index in [1.807, 2.05) is 40.0 Å². The van der Waals surface area contributed by atoms with Crippen LogP contribution in [0, 0.1) is 6.92 Å². The fraction of sp³-hybridized carbons (Fsp3) is 0.647. The summed E-state index contributed by atoms with van der Waals surface area (Å²) in [7, 11) is 0. The summed E-state index contributed by atoms with van der Waals surface area (Å²) in [6, 6.07) is 4.23. The van der Waals surface area contributed by atoms with Crippen molar-refractivity contribution in [1.82, 2.24) is 14.8 Å². The molecule has 0 aliphatic carbocycles. The van der Waals surface area contributed by atoms with Crippen molar-refractivity contribution in [2.75, 3.05) is 32.7 Å². The first-order chi connectivity index (χ1) is 10.8. The smallest absolute Gasteiger partial charge is 0.410 e. The number of piperazine rings is 1. The van der Waals surface area contributed by atoms with Gasteiger partial charge in [-0.3, -0.25) is 9.88 Å². The topological polar surface area (TPSA) is 71.7 Å². The Labute approximate surface area is 138 Å². The first kappa shape index (κ1) is 17.7. The van der Waals surface area contributed by atoms with Gasteiger partial charge in [-0.2, -0.15) is 0 Å². The average molecular weight is 320 g/mol. The molecular weight excluding hydrogens is 292 g/mol. The molecule has 1 amide bonds. The fourth-order valence-electron chi connectivity index (χ4n) is 2.71. The van der Waals surface area contributed by atoms with E-state index in [0.717, 1.165) is 24.3 Å². The molecule has 0 aromatic carbocycles. The van der Waals surface area contributed by atoms with Crippen LogP contribution in [0.4, 0.5) is 4.79 Å². The summed E-state index contributed by atoms with van der Waals surface area (Å²) in [5.41, 5.74) is 7.65. The first-order valence-corrected chi connectivity index (χ1v) is 8.15. The van der Waals surface area contributed by atoms with Crippen LogP contribution in [0.1, 0.15) is 38.1 Å². The molecule has 1 aromatic heterocycles. The van der Waals surface area contributed by atoms with Gasteiger partial charge in [0.05, 0.1) is 0 Å². The van der Waals surface area contributed by atoms with Gasteiger partial charge in [-0.25, -0.2) is 4.79 Å². The summed E-state index contributed by atoms with van der Waals surface area (Å²) in [5, 5.41) is 0. The van der Waals surface area contributed by atoms with Crippen LogP contribution in [0.15, 0.2) is 18.3 Å². The van der Waals surface area contributed by atoms with Crippen LogP contribution in [0.25, 0.3) is 0 Å². The molecule has 0 saturated carbocycles. The van der Waals surface area contributed by atoms with Gasteiger partial charge >= 0.3 is 6.09 Å². The van der Waals surface area contributed by atoms with Gasteiger partial charge in [-0.05, 0) is 39.3 Å². The molecule has 0 radical (unpaired) electrons. The molecule has 1 fully saturated rings. The number of aryl methyl sites for hydroxylation is 1. The van der Waals surface area contributed by atoms with Gasteiger partial charge < -0.3 is 15.4 Å². The van der Waals surface area contributed by atoms with E-state index in [0.29, 0.717) is 19.6 Å². The van der Waals surface area contributed by atoms with Crippen molar-refractivity contribution in [1.29, 1.82) is 0 Å². The van der Waals surface area contributed by atoms with Crippen molar-refractivity contribution in [3.8, 4) is 0 Å². The van der Waals surface area contributed by atoms with E-state index in [4.69, 9.17) is 10.5 Å². The number of carbonyl (C=O) groups excluding carboxylic acids is 1. The maximum absolute atomic E-state index is 12.1. The van der Waals surface area contributed by atoms with Crippen LogP contribution in [0.5, 0.6) is 0 Å². The lowest BCUT2D eigenvalue weighted by atomic mass is 10.1. The van der Waals surface area contributed by atoms with E-state index < -0.39 is 5.60 Å². The number of nitrogens with zero attached hydrogens (tertiary/aromatic N) is 3. The molecule has 6 nitrogen and oxygen atoms in total. The average Bonchev–Trinajstić information content (AvgIpc) is 2.49. The number of carbonyl (C=O) groups is 1. The second kappa shape index (κ2) is 7.27. The van der Waals surface area contributed by atoms with E-state index >= 15 is 0 Å². The van der Waals surface area contributed by atoms with Crippen LogP contribution in [-0.4, -0.2) is 59.2 Å². The summed E-state index contributed by atoms with van der Waals surface area (Å²) in [6.45, 7) is 11.1. The molecule has 1 aromatic rings. The highest BCUT2D eigenvalue weighted by Crippen LogP contribution is 2.21. The third kappa shape index (κ3) is 4.91. The summed E-state index contributed by atoms with van der Waals surface area (Å²) in [4.78, 5) is 20.6. The van der Waals surface area contributed by atoms with E-state index in [1.165, 1.54) is 0 Å². The highest BCUT2D eigenvalue weighted by atomic mass is 16.6. The quantitative estimate of drug-likeness (QED) is 0.921. The molecule has 2 N–H and O–H groups in total. The monoisotopic (exact) mass is 320 g/mol. The minimum atomic E-state index is -0.457. The van der Waals surface area contributed by atoms with Gasteiger partial charge in [-0.1, -0.05) is 6.07 Å². The maximum atomic E-state index is 12.1. The zero-order valence-corrected chi connectivity index (χ0v) is 14.6. The molecular formula is C17H28N4O2. The second-order valence-electron chi connectivity index (χ2n) is 6.99. The normalized spacial score (nSPS) is 17.9. The molecule has 6 heteroatoms. The Kier molecular flexibility index (Phi) is 5.59.